The Morgan fingerprint density at radius 2 is 2.11 bits per heavy atom. The number of nitrogens with one attached hydrogen (secondary N) is 1. The molecule has 4 nitrogen and oxygen atoms in total. The number of nitrogens with zero attached hydrogens (tertiary/aromatic N) is 1. The molecule has 1 saturated heterocycles. The average molecular weight is 254 g/mol. The van der Waals surface area contributed by atoms with Crippen LogP contribution >= 0.6 is 0 Å². The fourth-order valence-electron chi connectivity index (χ4n) is 2.41. The van der Waals surface area contributed by atoms with Gasteiger partial charge in [-0.3, -0.25) is 14.5 Å². The zero-order chi connectivity index (χ0) is 13.5. The minimum absolute atomic E-state index is 0.0890. The van der Waals surface area contributed by atoms with Crippen LogP contribution in [0, 0.1) is 5.92 Å². The number of carbonyl (C=O) groups excluding carboxylic acids is 2. The molecule has 1 aliphatic heterocycles. The van der Waals surface area contributed by atoms with Crippen LogP contribution in [-0.2, 0) is 9.59 Å². The monoisotopic (exact) mass is 254 g/mol. The Morgan fingerprint density at radius 1 is 1.39 bits per heavy atom. The van der Waals surface area contributed by atoms with Crippen molar-refractivity contribution in [3.05, 3.63) is 0 Å². The highest BCUT2D eigenvalue weighted by molar-refractivity contribution is 5.78. The number of hydrogen-bond acceptors (Lipinski definition) is 3. The van der Waals surface area contributed by atoms with Crippen LogP contribution in [0.4, 0.5) is 0 Å². The van der Waals surface area contributed by atoms with Gasteiger partial charge in [-0.15, -0.1) is 0 Å². The summed E-state index contributed by atoms with van der Waals surface area (Å²) >= 11 is 0. The van der Waals surface area contributed by atoms with E-state index in [2.05, 4.69) is 24.1 Å². The largest absolute Gasteiger partial charge is 0.355 e. The standard InChI is InChI=1S/C14H26N2O2/c1-11(2)6-7-15-14(18)10-16-8-4-5-13(16)9-12(3)17/h11,13H,4-10H2,1-3H3,(H,15,18). The molecule has 4 heteroatoms. The lowest BCUT2D eigenvalue weighted by Gasteiger charge is -2.23. The van der Waals surface area contributed by atoms with E-state index in [-0.39, 0.29) is 17.7 Å². The summed E-state index contributed by atoms with van der Waals surface area (Å²) < 4.78 is 0. The van der Waals surface area contributed by atoms with Gasteiger partial charge < -0.3 is 5.32 Å². The van der Waals surface area contributed by atoms with Crippen LogP contribution in [0.25, 0.3) is 0 Å². The molecule has 0 spiro atoms. The maximum atomic E-state index is 11.8. The van der Waals surface area contributed by atoms with Crippen LogP contribution in [-0.4, -0.2) is 42.3 Å². The van der Waals surface area contributed by atoms with Crippen LogP contribution in [0.5, 0.6) is 0 Å². The molecule has 0 bridgehead atoms. The molecular weight excluding hydrogens is 228 g/mol. The van der Waals surface area contributed by atoms with Gasteiger partial charge in [-0.05, 0) is 38.6 Å². The first-order chi connectivity index (χ1) is 8.49. The smallest absolute Gasteiger partial charge is 0.234 e. The molecule has 0 aromatic carbocycles. The fraction of sp³-hybridized carbons (Fsp3) is 0.857. The van der Waals surface area contributed by atoms with Crippen molar-refractivity contribution in [1.29, 1.82) is 0 Å². The van der Waals surface area contributed by atoms with Gasteiger partial charge in [-0.2, -0.15) is 0 Å². The third-order valence-corrected chi connectivity index (χ3v) is 3.41. The normalized spacial score (nSPS) is 20.3. The number of carbonyl (C=O) groups is 2. The highest BCUT2D eigenvalue weighted by atomic mass is 16.2. The Balaban J connectivity index is 2.27. The highest BCUT2D eigenvalue weighted by Crippen LogP contribution is 2.19. The zero-order valence-electron chi connectivity index (χ0n) is 11.9. The van der Waals surface area contributed by atoms with Gasteiger partial charge in [0.2, 0.25) is 5.91 Å². The van der Waals surface area contributed by atoms with Gasteiger partial charge in [0.05, 0.1) is 6.54 Å². The number of ketones is 1. The summed E-state index contributed by atoms with van der Waals surface area (Å²) in [5, 5.41) is 2.95. The van der Waals surface area contributed by atoms with Gasteiger partial charge in [-0.25, -0.2) is 0 Å². The lowest BCUT2D eigenvalue weighted by Crippen LogP contribution is -2.40. The van der Waals surface area contributed by atoms with Crippen molar-refractivity contribution in [2.24, 2.45) is 5.92 Å². The molecular formula is C14H26N2O2. The van der Waals surface area contributed by atoms with Gasteiger partial charge >= 0.3 is 0 Å². The molecule has 1 heterocycles. The molecule has 1 unspecified atom stereocenters. The van der Waals surface area contributed by atoms with Gasteiger partial charge in [0.25, 0.3) is 0 Å². The van der Waals surface area contributed by atoms with Crippen LogP contribution in [0.15, 0.2) is 0 Å². The number of Topliss-reactive ketones (excluding diaryl/α,β-unsaturated/α-hetero) is 1. The maximum absolute atomic E-state index is 11.8. The molecule has 1 amide bonds. The highest BCUT2D eigenvalue weighted by Gasteiger charge is 2.26. The summed E-state index contributed by atoms with van der Waals surface area (Å²) in [6.45, 7) is 8.05. The predicted molar refractivity (Wildman–Crippen MR) is 72.4 cm³/mol. The molecule has 1 fully saturated rings. The Hall–Kier alpha value is -0.900. The summed E-state index contributed by atoms with van der Waals surface area (Å²) in [7, 11) is 0. The van der Waals surface area contributed by atoms with Crippen molar-refractivity contribution in [3.63, 3.8) is 0 Å². The number of hydrogen-bond donors (Lipinski definition) is 1. The molecule has 1 rings (SSSR count). The van der Waals surface area contributed by atoms with Crippen molar-refractivity contribution in [1.82, 2.24) is 10.2 Å². The van der Waals surface area contributed by atoms with E-state index in [0.29, 0.717) is 18.9 Å². The third kappa shape index (κ3) is 5.63. The Bertz CT molecular complexity index is 290. The third-order valence-electron chi connectivity index (χ3n) is 3.41. The minimum atomic E-state index is 0.0890. The molecule has 1 N–H and O–H groups in total. The molecule has 0 aliphatic carbocycles. The fourth-order valence-corrected chi connectivity index (χ4v) is 2.41. The average Bonchev–Trinajstić information content (AvgIpc) is 2.64. The predicted octanol–water partition coefficient (Wildman–Crippen LogP) is 1.59. The van der Waals surface area contributed by atoms with Crippen molar-refractivity contribution in [2.75, 3.05) is 19.6 Å². The van der Waals surface area contributed by atoms with Crippen molar-refractivity contribution in [3.8, 4) is 0 Å². The summed E-state index contributed by atoms with van der Waals surface area (Å²) in [4.78, 5) is 25.1. The molecule has 0 aromatic rings. The summed E-state index contributed by atoms with van der Waals surface area (Å²) in [5.41, 5.74) is 0. The summed E-state index contributed by atoms with van der Waals surface area (Å²) in [5.74, 6) is 0.917. The lowest BCUT2D eigenvalue weighted by molar-refractivity contribution is -0.123. The van der Waals surface area contributed by atoms with E-state index in [9.17, 15) is 9.59 Å². The van der Waals surface area contributed by atoms with E-state index in [4.69, 9.17) is 0 Å². The quantitative estimate of drug-likeness (QED) is 0.750. The van der Waals surface area contributed by atoms with E-state index in [1.165, 1.54) is 0 Å². The maximum Gasteiger partial charge on any atom is 0.234 e. The first-order valence-corrected chi connectivity index (χ1v) is 6.99. The van der Waals surface area contributed by atoms with Crippen LogP contribution in [0.3, 0.4) is 0 Å². The SMILES string of the molecule is CC(=O)CC1CCCN1CC(=O)NCCC(C)C. The van der Waals surface area contributed by atoms with E-state index in [0.717, 1.165) is 32.4 Å². The Labute approximate surface area is 110 Å². The molecule has 0 saturated carbocycles. The lowest BCUT2D eigenvalue weighted by atomic mass is 10.1. The van der Waals surface area contributed by atoms with E-state index in [1.807, 2.05) is 0 Å². The molecule has 1 atom stereocenters. The Morgan fingerprint density at radius 3 is 2.72 bits per heavy atom. The number of amides is 1. The second kappa shape index (κ2) is 7.52. The second-order valence-corrected chi connectivity index (χ2v) is 5.71. The minimum Gasteiger partial charge on any atom is -0.355 e. The first-order valence-electron chi connectivity index (χ1n) is 6.99. The topological polar surface area (TPSA) is 49.4 Å². The summed E-state index contributed by atoms with van der Waals surface area (Å²) in [6, 6.07) is 0.276. The van der Waals surface area contributed by atoms with Gasteiger partial charge in [0.1, 0.15) is 5.78 Å². The Kier molecular flexibility index (Phi) is 6.33. The first kappa shape index (κ1) is 15.2. The second-order valence-electron chi connectivity index (χ2n) is 5.71. The van der Waals surface area contributed by atoms with Crippen molar-refractivity contribution < 1.29 is 9.59 Å². The van der Waals surface area contributed by atoms with Gasteiger partial charge in [0.15, 0.2) is 0 Å². The van der Waals surface area contributed by atoms with E-state index in [1.54, 1.807) is 6.92 Å². The van der Waals surface area contributed by atoms with Crippen molar-refractivity contribution >= 4 is 11.7 Å². The van der Waals surface area contributed by atoms with Crippen LogP contribution in [0.2, 0.25) is 0 Å². The van der Waals surface area contributed by atoms with Gasteiger partial charge in [0, 0.05) is 19.0 Å². The molecule has 18 heavy (non-hydrogen) atoms. The van der Waals surface area contributed by atoms with E-state index < -0.39 is 0 Å². The van der Waals surface area contributed by atoms with Crippen molar-refractivity contribution in [2.45, 2.75) is 52.5 Å². The zero-order valence-corrected chi connectivity index (χ0v) is 11.9. The summed E-state index contributed by atoms with van der Waals surface area (Å²) in [6.07, 6.45) is 3.73. The number of likely N-dealkylation sites (tertiary alicyclic amines) is 1. The van der Waals surface area contributed by atoms with Gasteiger partial charge in [-0.1, -0.05) is 13.8 Å². The molecule has 0 radical (unpaired) electrons. The van der Waals surface area contributed by atoms with Crippen LogP contribution in [0.1, 0.15) is 46.5 Å². The number of rotatable bonds is 7. The van der Waals surface area contributed by atoms with E-state index >= 15 is 0 Å². The molecule has 104 valence electrons. The molecule has 1 aliphatic rings. The molecule has 0 aromatic heterocycles. The van der Waals surface area contributed by atoms with Crippen LogP contribution < -0.4 is 5.32 Å².